The highest BCUT2D eigenvalue weighted by Gasteiger charge is 2.20. The Balaban J connectivity index is 3.23. The van der Waals surface area contributed by atoms with Crippen molar-refractivity contribution in [1.29, 1.82) is 0 Å². The molecule has 0 bridgehead atoms. The highest BCUT2D eigenvalue weighted by Crippen LogP contribution is 2.30. The molecule has 1 heterocycles. The summed E-state index contributed by atoms with van der Waals surface area (Å²) in [5, 5.41) is 8.31. The molecule has 0 aliphatic carbocycles. The fourth-order valence-electron chi connectivity index (χ4n) is 0.986. The minimum atomic E-state index is -2.80. The maximum Gasteiger partial charge on any atom is 0.307 e. The molecule has 0 aromatic carbocycles. The number of nitrogens with zero attached hydrogens (tertiary/aromatic N) is 1. The van der Waals surface area contributed by atoms with E-state index in [9.17, 15) is 13.6 Å². The van der Waals surface area contributed by atoms with Gasteiger partial charge in [-0.3, -0.25) is 9.78 Å². The predicted octanol–water partition coefficient (Wildman–Crippen LogP) is 2.90. The maximum atomic E-state index is 12.4. The van der Waals surface area contributed by atoms with Crippen LogP contribution in [0.5, 0.6) is 0 Å². The van der Waals surface area contributed by atoms with Gasteiger partial charge >= 0.3 is 5.97 Å². The van der Waals surface area contributed by atoms with E-state index in [1.807, 2.05) is 0 Å². The number of carbonyl (C=O) groups is 1. The third-order valence-corrected chi connectivity index (χ3v) is 2.98. The van der Waals surface area contributed by atoms with Crippen LogP contribution in [0.4, 0.5) is 8.78 Å². The molecule has 0 spiro atoms. The number of aliphatic carboxylic acids is 1. The monoisotopic (exact) mass is 347 g/mol. The van der Waals surface area contributed by atoms with Crippen molar-refractivity contribution in [3.8, 4) is 0 Å². The van der Waals surface area contributed by atoms with E-state index >= 15 is 0 Å². The van der Waals surface area contributed by atoms with Gasteiger partial charge in [0.1, 0.15) is 5.69 Å². The Bertz CT molecular complexity index is 400. The Kier molecular flexibility index (Phi) is 4.21. The minimum Gasteiger partial charge on any atom is -0.481 e. The quantitative estimate of drug-likeness (QED) is 0.856. The molecule has 0 radical (unpaired) electrons. The van der Waals surface area contributed by atoms with Gasteiger partial charge in [0.15, 0.2) is 0 Å². The van der Waals surface area contributed by atoms with Crippen molar-refractivity contribution in [3.63, 3.8) is 0 Å². The number of pyridine rings is 1. The molecule has 0 saturated heterocycles. The van der Waals surface area contributed by atoms with Crippen molar-refractivity contribution in [3.05, 3.63) is 26.0 Å². The van der Waals surface area contributed by atoms with E-state index in [1.165, 1.54) is 6.20 Å². The van der Waals surface area contributed by atoms with Gasteiger partial charge in [0.2, 0.25) is 0 Å². The molecule has 3 nitrogen and oxygen atoms in total. The number of rotatable bonds is 3. The van der Waals surface area contributed by atoms with Crippen LogP contribution in [0, 0.1) is 3.57 Å². The lowest BCUT2D eigenvalue weighted by molar-refractivity contribution is -0.136. The summed E-state index contributed by atoms with van der Waals surface area (Å²) in [5.41, 5.74) is -0.400. The van der Waals surface area contributed by atoms with Gasteiger partial charge in [0.05, 0.1) is 11.4 Å². The Morgan fingerprint density at radius 3 is 2.73 bits per heavy atom. The molecule has 15 heavy (non-hydrogen) atoms. The first-order chi connectivity index (χ1) is 6.93. The first-order valence-corrected chi connectivity index (χ1v) is 5.22. The topological polar surface area (TPSA) is 50.2 Å². The summed E-state index contributed by atoms with van der Waals surface area (Å²) in [6, 6.07) is 0. The average molecular weight is 347 g/mol. The molecule has 1 rings (SSSR count). The normalized spacial score (nSPS) is 10.7. The van der Waals surface area contributed by atoms with Crippen LogP contribution in [0.25, 0.3) is 0 Å². The molecule has 82 valence electrons. The highest BCUT2D eigenvalue weighted by molar-refractivity contribution is 14.1. The van der Waals surface area contributed by atoms with Crippen molar-refractivity contribution in [2.45, 2.75) is 12.8 Å². The van der Waals surface area contributed by atoms with Crippen molar-refractivity contribution in [1.82, 2.24) is 4.98 Å². The molecule has 0 aliphatic rings. The van der Waals surface area contributed by atoms with Gasteiger partial charge in [0, 0.05) is 9.77 Å². The van der Waals surface area contributed by atoms with Crippen LogP contribution in [-0.2, 0) is 11.2 Å². The van der Waals surface area contributed by atoms with E-state index in [-0.39, 0.29) is 17.0 Å². The lowest BCUT2D eigenvalue weighted by atomic mass is 10.1. The molecule has 0 fully saturated rings. The molecular formula is C8H5ClF2INO2. The Hall–Kier alpha value is -0.500. The summed E-state index contributed by atoms with van der Waals surface area (Å²) in [7, 11) is 0. The Labute approximate surface area is 103 Å². The van der Waals surface area contributed by atoms with Crippen LogP contribution >= 0.6 is 34.2 Å². The number of alkyl halides is 2. The number of carboxylic acids is 1. The van der Waals surface area contributed by atoms with Crippen molar-refractivity contribution in [2.24, 2.45) is 0 Å². The van der Waals surface area contributed by atoms with Crippen LogP contribution in [0.15, 0.2) is 6.20 Å². The lowest BCUT2D eigenvalue weighted by Gasteiger charge is -2.08. The van der Waals surface area contributed by atoms with Crippen LogP contribution in [0.2, 0.25) is 5.02 Å². The summed E-state index contributed by atoms with van der Waals surface area (Å²) < 4.78 is 25.2. The predicted molar refractivity (Wildman–Crippen MR) is 58.3 cm³/mol. The van der Waals surface area contributed by atoms with Crippen molar-refractivity contribution < 1.29 is 18.7 Å². The third-order valence-electron chi connectivity index (χ3n) is 1.63. The van der Waals surface area contributed by atoms with Gasteiger partial charge in [-0.05, 0) is 28.2 Å². The lowest BCUT2D eigenvalue weighted by Crippen LogP contribution is -2.06. The van der Waals surface area contributed by atoms with Crippen molar-refractivity contribution in [2.75, 3.05) is 0 Å². The Morgan fingerprint density at radius 2 is 2.27 bits per heavy atom. The first kappa shape index (κ1) is 12.6. The molecule has 1 aromatic heterocycles. The first-order valence-electron chi connectivity index (χ1n) is 3.76. The summed E-state index contributed by atoms with van der Waals surface area (Å²) in [6.07, 6.45) is -2.01. The molecule has 0 saturated carbocycles. The maximum absolute atomic E-state index is 12.4. The van der Waals surface area contributed by atoms with Crippen molar-refractivity contribution >= 4 is 40.2 Å². The standard InChI is InChI=1S/C8H5ClF2INO2/c9-6-3(1-5(14)15)4(12)2-13-7(6)8(10)11/h2,8H,1H2,(H,14,15). The molecule has 1 N–H and O–H groups in total. The average Bonchev–Trinajstić information content (AvgIpc) is 2.11. The largest absolute Gasteiger partial charge is 0.481 e. The highest BCUT2D eigenvalue weighted by atomic mass is 127. The van der Waals surface area contributed by atoms with Gasteiger partial charge in [-0.15, -0.1) is 0 Å². The molecule has 0 unspecified atom stereocenters. The molecule has 1 aromatic rings. The molecule has 0 amide bonds. The zero-order valence-electron chi connectivity index (χ0n) is 7.18. The minimum absolute atomic E-state index is 0.176. The van der Waals surface area contributed by atoms with E-state index in [0.29, 0.717) is 3.57 Å². The van der Waals surface area contributed by atoms with E-state index < -0.39 is 18.1 Å². The summed E-state index contributed by atoms with van der Waals surface area (Å²) in [6.45, 7) is 0. The molecule has 0 atom stereocenters. The number of carboxylic acid groups (broad SMARTS) is 1. The second kappa shape index (κ2) is 5.02. The van der Waals surface area contributed by atoms with Gasteiger partial charge in [-0.1, -0.05) is 11.6 Å². The summed E-state index contributed by atoms with van der Waals surface area (Å²) in [4.78, 5) is 13.9. The van der Waals surface area contributed by atoms with Gasteiger partial charge < -0.3 is 5.11 Å². The number of halogens is 4. The van der Waals surface area contributed by atoms with Crippen LogP contribution in [0.1, 0.15) is 17.7 Å². The fraction of sp³-hybridized carbons (Fsp3) is 0.250. The van der Waals surface area contributed by atoms with Crippen LogP contribution in [0.3, 0.4) is 0 Å². The SMILES string of the molecule is O=C(O)Cc1c(I)cnc(C(F)F)c1Cl. The third kappa shape index (κ3) is 2.97. The summed E-state index contributed by atoms with van der Waals surface area (Å²) >= 11 is 7.45. The second-order valence-corrected chi connectivity index (χ2v) is 4.20. The molecule has 0 aliphatic heterocycles. The Morgan fingerprint density at radius 1 is 1.67 bits per heavy atom. The zero-order chi connectivity index (χ0) is 11.6. The zero-order valence-corrected chi connectivity index (χ0v) is 10.1. The number of aromatic nitrogens is 1. The van der Waals surface area contributed by atoms with Gasteiger partial charge in [-0.2, -0.15) is 0 Å². The van der Waals surface area contributed by atoms with E-state index in [1.54, 1.807) is 22.6 Å². The summed E-state index contributed by atoms with van der Waals surface area (Å²) in [5.74, 6) is -1.12. The van der Waals surface area contributed by atoms with Crippen LogP contribution < -0.4 is 0 Å². The molecular weight excluding hydrogens is 342 g/mol. The van der Waals surface area contributed by atoms with E-state index in [0.717, 1.165) is 0 Å². The second-order valence-electron chi connectivity index (χ2n) is 2.66. The van der Waals surface area contributed by atoms with Gasteiger partial charge in [-0.25, -0.2) is 8.78 Å². The fourth-order valence-corrected chi connectivity index (χ4v) is 2.04. The molecule has 7 heteroatoms. The number of hydrogen-bond donors (Lipinski definition) is 1. The van der Waals surface area contributed by atoms with Crippen LogP contribution in [-0.4, -0.2) is 16.1 Å². The number of hydrogen-bond acceptors (Lipinski definition) is 2. The van der Waals surface area contributed by atoms with E-state index in [2.05, 4.69) is 4.98 Å². The van der Waals surface area contributed by atoms with E-state index in [4.69, 9.17) is 16.7 Å². The van der Waals surface area contributed by atoms with Gasteiger partial charge in [0.25, 0.3) is 6.43 Å². The smallest absolute Gasteiger partial charge is 0.307 e.